The van der Waals surface area contributed by atoms with Crippen LogP contribution < -0.4 is 16.2 Å². The summed E-state index contributed by atoms with van der Waals surface area (Å²) < 4.78 is 32.0. The SMILES string of the molecule is Cc1c(N)cccc1/C(N)=N/OC(=O)c1cccc(COc2ccc(F)cc2F)c1. The molecule has 0 unspecified atom stereocenters. The molecule has 0 fully saturated rings. The van der Waals surface area contributed by atoms with Gasteiger partial charge in [-0.15, -0.1) is 0 Å². The van der Waals surface area contributed by atoms with Gasteiger partial charge >= 0.3 is 5.97 Å². The summed E-state index contributed by atoms with van der Waals surface area (Å²) in [5.74, 6) is -2.32. The molecule has 0 heterocycles. The predicted molar refractivity (Wildman–Crippen MR) is 109 cm³/mol. The summed E-state index contributed by atoms with van der Waals surface area (Å²) in [6.07, 6.45) is 0. The number of carbonyl (C=O) groups excluding carboxylic acids is 1. The summed E-state index contributed by atoms with van der Waals surface area (Å²) in [6.45, 7) is 1.75. The van der Waals surface area contributed by atoms with Gasteiger partial charge in [0.05, 0.1) is 5.56 Å². The zero-order valence-electron chi connectivity index (χ0n) is 16.1. The molecule has 0 aliphatic heterocycles. The lowest BCUT2D eigenvalue weighted by Gasteiger charge is -2.09. The maximum absolute atomic E-state index is 13.7. The van der Waals surface area contributed by atoms with Crippen molar-refractivity contribution in [1.29, 1.82) is 0 Å². The molecule has 0 spiro atoms. The second kappa shape index (κ2) is 9.04. The third-order valence-electron chi connectivity index (χ3n) is 4.33. The molecule has 3 aromatic rings. The van der Waals surface area contributed by atoms with Gasteiger partial charge in [-0.2, -0.15) is 0 Å². The van der Waals surface area contributed by atoms with Crippen molar-refractivity contribution in [3.63, 3.8) is 0 Å². The molecule has 0 aromatic heterocycles. The van der Waals surface area contributed by atoms with Gasteiger partial charge in [-0.05, 0) is 48.4 Å². The Kier molecular flexibility index (Phi) is 6.26. The smallest absolute Gasteiger partial charge is 0.365 e. The molecule has 30 heavy (non-hydrogen) atoms. The first-order valence-electron chi connectivity index (χ1n) is 8.92. The maximum Gasteiger partial charge on any atom is 0.365 e. The maximum atomic E-state index is 13.7. The Bertz CT molecular complexity index is 1120. The topological polar surface area (TPSA) is 99.9 Å². The van der Waals surface area contributed by atoms with Gasteiger partial charge in [0.1, 0.15) is 12.4 Å². The van der Waals surface area contributed by atoms with Crippen molar-refractivity contribution in [3.8, 4) is 5.75 Å². The van der Waals surface area contributed by atoms with Crippen molar-refractivity contribution in [2.75, 3.05) is 5.73 Å². The molecule has 8 heteroatoms. The minimum absolute atomic E-state index is 0.0134. The van der Waals surface area contributed by atoms with Crippen LogP contribution in [0.25, 0.3) is 0 Å². The fraction of sp³-hybridized carbons (Fsp3) is 0.0909. The fourth-order valence-corrected chi connectivity index (χ4v) is 2.66. The van der Waals surface area contributed by atoms with E-state index in [1.807, 2.05) is 0 Å². The molecule has 0 saturated carbocycles. The number of carbonyl (C=O) groups is 1. The largest absolute Gasteiger partial charge is 0.486 e. The van der Waals surface area contributed by atoms with Crippen molar-refractivity contribution >= 4 is 17.5 Å². The van der Waals surface area contributed by atoms with E-state index in [1.54, 1.807) is 37.3 Å². The number of nitrogen functional groups attached to an aromatic ring is 1. The molecule has 3 aromatic carbocycles. The highest BCUT2D eigenvalue weighted by Gasteiger charge is 2.11. The molecule has 0 aliphatic rings. The number of nitrogens with zero attached hydrogens (tertiary/aromatic N) is 1. The molecule has 4 N–H and O–H groups in total. The highest BCUT2D eigenvalue weighted by atomic mass is 19.1. The fourth-order valence-electron chi connectivity index (χ4n) is 2.66. The monoisotopic (exact) mass is 411 g/mol. The van der Waals surface area contributed by atoms with E-state index in [9.17, 15) is 13.6 Å². The van der Waals surface area contributed by atoms with Gasteiger partial charge in [0.2, 0.25) is 0 Å². The summed E-state index contributed by atoms with van der Waals surface area (Å²) in [5.41, 5.74) is 14.3. The Morgan fingerprint density at radius 2 is 1.83 bits per heavy atom. The van der Waals surface area contributed by atoms with E-state index in [0.29, 0.717) is 16.8 Å². The number of anilines is 1. The zero-order valence-corrected chi connectivity index (χ0v) is 16.1. The van der Waals surface area contributed by atoms with Crippen LogP contribution in [0.2, 0.25) is 0 Å². The molecule has 0 radical (unpaired) electrons. The van der Waals surface area contributed by atoms with Gasteiger partial charge in [0.15, 0.2) is 17.4 Å². The quantitative estimate of drug-likeness (QED) is 0.211. The lowest BCUT2D eigenvalue weighted by atomic mass is 10.1. The van der Waals surface area contributed by atoms with Gasteiger partial charge in [0, 0.05) is 17.3 Å². The van der Waals surface area contributed by atoms with Crippen molar-refractivity contribution in [1.82, 2.24) is 0 Å². The number of benzene rings is 3. The van der Waals surface area contributed by atoms with E-state index >= 15 is 0 Å². The van der Waals surface area contributed by atoms with E-state index in [1.165, 1.54) is 18.2 Å². The summed E-state index contributed by atoms with van der Waals surface area (Å²) in [4.78, 5) is 17.2. The number of amidine groups is 1. The van der Waals surface area contributed by atoms with Crippen LogP contribution in [0.3, 0.4) is 0 Å². The molecule has 6 nitrogen and oxygen atoms in total. The normalized spacial score (nSPS) is 11.2. The molecule has 154 valence electrons. The molecule has 0 amide bonds. The summed E-state index contributed by atoms with van der Waals surface area (Å²) in [6, 6.07) is 14.5. The Morgan fingerprint density at radius 3 is 2.60 bits per heavy atom. The number of halogens is 2. The third kappa shape index (κ3) is 4.91. The number of rotatable bonds is 6. The minimum atomic E-state index is -0.813. The minimum Gasteiger partial charge on any atom is -0.486 e. The summed E-state index contributed by atoms with van der Waals surface area (Å²) in [5, 5.41) is 3.69. The van der Waals surface area contributed by atoms with Crippen LogP contribution in [-0.4, -0.2) is 11.8 Å². The van der Waals surface area contributed by atoms with Crippen LogP contribution in [-0.2, 0) is 11.4 Å². The first kappa shape index (κ1) is 20.8. The van der Waals surface area contributed by atoms with Crippen LogP contribution in [0.5, 0.6) is 5.75 Å². The van der Waals surface area contributed by atoms with Crippen molar-refractivity contribution in [2.24, 2.45) is 10.9 Å². The molecule has 3 rings (SSSR count). The Morgan fingerprint density at radius 1 is 1.07 bits per heavy atom. The number of hydrogen-bond acceptors (Lipinski definition) is 5. The van der Waals surface area contributed by atoms with Gasteiger partial charge < -0.3 is 21.0 Å². The van der Waals surface area contributed by atoms with E-state index in [4.69, 9.17) is 21.0 Å². The van der Waals surface area contributed by atoms with E-state index < -0.39 is 17.6 Å². The standard InChI is InChI=1S/C22H19F2N3O3/c1-13-17(6-3-7-19(13)25)21(26)27-30-22(28)15-5-2-4-14(10-15)12-29-20-9-8-16(23)11-18(20)24/h2-11H,12,25H2,1H3,(H2,26,27). The number of ether oxygens (including phenoxy) is 1. The van der Waals surface area contributed by atoms with Crippen molar-refractivity contribution in [3.05, 3.63) is 94.6 Å². The van der Waals surface area contributed by atoms with Crippen LogP contribution in [0.15, 0.2) is 65.8 Å². The molecule has 0 atom stereocenters. The Balaban J connectivity index is 1.67. The highest BCUT2D eigenvalue weighted by Crippen LogP contribution is 2.20. The Hall–Kier alpha value is -3.94. The molecular weight excluding hydrogens is 392 g/mol. The van der Waals surface area contributed by atoms with Crippen molar-refractivity contribution in [2.45, 2.75) is 13.5 Å². The van der Waals surface area contributed by atoms with Crippen LogP contribution >= 0.6 is 0 Å². The highest BCUT2D eigenvalue weighted by molar-refractivity contribution is 6.00. The average Bonchev–Trinajstić information content (AvgIpc) is 2.73. The van der Waals surface area contributed by atoms with Crippen LogP contribution in [0.1, 0.15) is 27.0 Å². The zero-order chi connectivity index (χ0) is 21.7. The first-order valence-corrected chi connectivity index (χ1v) is 8.92. The predicted octanol–water partition coefficient (Wildman–Crippen LogP) is 3.91. The lowest BCUT2D eigenvalue weighted by molar-refractivity contribution is 0.0516. The molecular formula is C22H19F2N3O3. The second-order valence-corrected chi connectivity index (χ2v) is 6.44. The number of nitrogens with two attached hydrogens (primary N) is 2. The van der Waals surface area contributed by atoms with Crippen LogP contribution in [0.4, 0.5) is 14.5 Å². The molecule has 0 aliphatic carbocycles. The average molecular weight is 411 g/mol. The van der Waals surface area contributed by atoms with Gasteiger partial charge in [0.25, 0.3) is 0 Å². The summed E-state index contributed by atoms with van der Waals surface area (Å²) in [7, 11) is 0. The lowest BCUT2D eigenvalue weighted by Crippen LogP contribution is -2.17. The van der Waals surface area contributed by atoms with Crippen molar-refractivity contribution < 1.29 is 23.1 Å². The first-order chi connectivity index (χ1) is 14.3. The summed E-state index contributed by atoms with van der Waals surface area (Å²) >= 11 is 0. The third-order valence-corrected chi connectivity index (χ3v) is 4.33. The van der Waals surface area contributed by atoms with Gasteiger partial charge in [-0.1, -0.05) is 29.4 Å². The van der Waals surface area contributed by atoms with E-state index in [2.05, 4.69) is 5.16 Å². The van der Waals surface area contributed by atoms with Crippen LogP contribution in [0, 0.1) is 18.6 Å². The molecule has 0 saturated heterocycles. The Labute approximate surface area is 171 Å². The number of oxime groups is 1. The second-order valence-electron chi connectivity index (χ2n) is 6.44. The van der Waals surface area contributed by atoms with E-state index in [0.717, 1.165) is 17.7 Å². The van der Waals surface area contributed by atoms with Gasteiger partial charge in [-0.25, -0.2) is 13.6 Å². The van der Waals surface area contributed by atoms with Gasteiger partial charge in [-0.3, -0.25) is 0 Å². The number of hydrogen-bond donors (Lipinski definition) is 2. The molecule has 0 bridgehead atoms. The van der Waals surface area contributed by atoms with E-state index in [-0.39, 0.29) is 23.8 Å².